The molecule has 0 saturated heterocycles. The first-order valence-electron chi connectivity index (χ1n) is 5.57. The summed E-state index contributed by atoms with van der Waals surface area (Å²) in [4.78, 5) is 1.07. The second-order valence-corrected chi connectivity index (χ2v) is 5.03. The summed E-state index contributed by atoms with van der Waals surface area (Å²) in [6.07, 6.45) is 1.18. The zero-order valence-corrected chi connectivity index (χ0v) is 10.7. The highest BCUT2D eigenvalue weighted by Crippen LogP contribution is 2.26. The largest absolute Gasteiger partial charge is 0.326 e. The van der Waals surface area contributed by atoms with Crippen molar-refractivity contribution in [3.05, 3.63) is 29.3 Å². The van der Waals surface area contributed by atoms with Crippen LogP contribution in [0.15, 0.2) is 23.1 Å². The van der Waals surface area contributed by atoms with Crippen LogP contribution in [0.25, 0.3) is 0 Å². The second-order valence-electron chi connectivity index (χ2n) is 3.97. The van der Waals surface area contributed by atoms with Crippen LogP contribution in [0.4, 0.5) is 0 Å². The zero-order chi connectivity index (χ0) is 12.0. The van der Waals surface area contributed by atoms with E-state index in [1.165, 1.54) is 6.42 Å². The van der Waals surface area contributed by atoms with Crippen molar-refractivity contribution < 1.29 is 0 Å². The molecule has 0 aliphatic heterocycles. The Hall–Kier alpha value is -0.980. The van der Waals surface area contributed by atoms with Gasteiger partial charge in [-0.1, -0.05) is 26.3 Å². The fraction of sp³-hybridized carbons (Fsp3) is 0.462. The number of rotatable bonds is 5. The third kappa shape index (κ3) is 3.55. The highest BCUT2D eigenvalue weighted by molar-refractivity contribution is 7.99. The summed E-state index contributed by atoms with van der Waals surface area (Å²) in [6.45, 7) is 4.91. The number of nitrogens with zero attached hydrogens (tertiary/aromatic N) is 1. The number of hydrogen-bond acceptors (Lipinski definition) is 3. The van der Waals surface area contributed by atoms with Crippen molar-refractivity contribution in [3.63, 3.8) is 0 Å². The van der Waals surface area contributed by atoms with E-state index in [9.17, 15) is 0 Å². The molecule has 1 rings (SSSR count). The summed E-state index contributed by atoms with van der Waals surface area (Å²) in [6, 6.07) is 8.13. The van der Waals surface area contributed by atoms with Gasteiger partial charge < -0.3 is 5.73 Å². The molecule has 86 valence electrons. The lowest BCUT2D eigenvalue weighted by atomic mass is 10.1. The van der Waals surface area contributed by atoms with E-state index in [1.54, 1.807) is 11.8 Å². The summed E-state index contributed by atoms with van der Waals surface area (Å²) in [5.74, 6) is 1.75. The van der Waals surface area contributed by atoms with E-state index in [2.05, 4.69) is 19.9 Å². The molecule has 0 radical (unpaired) electrons. The Balaban J connectivity index is 2.77. The molecule has 1 aromatic carbocycles. The summed E-state index contributed by atoms with van der Waals surface area (Å²) >= 11 is 1.76. The molecular formula is C13H18N2S. The van der Waals surface area contributed by atoms with Crippen LogP contribution in [0.3, 0.4) is 0 Å². The minimum atomic E-state index is 0.491. The molecule has 0 saturated carbocycles. The van der Waals surface area contributed by atoms with Crippen LogP contribution in [0.5, 0.6) is 0 Å². The highest BCUT2D eigenvalue weighted by Gasteiger charge is 2.06. The van der Waals surface area contributed by atoms with Gasteiger partial charge in [0, 0.05) is 17.2 Å². The zero-order valence-electron chi connectivity index (χ0n) is 9.86. The van der Waals surface area contributed by atoms with Gasteiger partial charge in [-0.25, -0.2) is 0 Å². The maximum absolute atomic E-state index is 9.06. The Labute approximate surface area is 102 Å². The maximum atomic E-state index is 9.06. The Morgan fingerprint density at radius 2 is 2.25 bits per heavy atom. The van der Waals surface area contributed by atoms with Crippen LogP contribution in [-0.2, 0) is 6.54 Å². The van der Waals surface area contributed by atoms with Crippen molar-refractivity contribution in [1.82, 2.24) is 0 Å². The second kappa shape index (κ2) is 6.57. The van der Waals surface area contributed by atoms with Crippen molar-refractivity contribution in [2.75, 3.05) is 5.75 Å². The highest BCUT2D eigenvalue weighted by atomic mass is 32.2. The molecule has 0 amide bonds. The molecule has 0 aliphatic rings. The molecule has 1 unspecified atom stereocenters. The van der Waals surface area contributed by atoms with Crippen LogP contribution in [-0.4, -0.2) is 5.75 Å². The average molecular weight is 234 g/mol. The van der Waals surface area contributed by atoms with E-state index in [1.807, 2.05) is 18.2 Å². The standard InChI is InChI=1S/C13H18N2S/c1-3-10(2)9-16-13-5-4-11(7-14)6-12(13)8-15/h4-6,10H,3,7,9,14H2,1-2H3. The van der Waals surface area contributed by atoms with Crippen LogP contribution in [0.1, 0.15) is 31.4 Å². The third-order valence-corrected chi connectivity index (χ3v) is 4.02. The van der Waals surface area contributed by atoms with E-state index in [0.29, 0.717) is 12.5 Å². The number of hydrogen-bond donors (Lipinski definition) is 1. The molecule has 0 heterocycles. The van der Waals surface area contributed by atoms with E-state index < -0.39 is 0 Å². The quantitative estimate of drug-likeness (QED) is 0.796. The fourth-order valence-corrected chi connectivity index (χ4v) is 2.39. The van der Waals surface area contributed by atoms with Crippen molar-refractivity contribution in [3.8, 4) is 6.07 Å². The van der Waals surface area contributed by atoms with Crippen LogP contribution >= 0.6 is 11.8 Å². The number of thioether (sulfide) groups is 1. The molecule has 3 heteroatoms. The van der Waals surface area contributed by atoms with E-state index in [0.717, 1.165) is 21.8 Å². The Kier molecular flexibility index (Phi) is 5.37. The first-order chi connectivity index (χ1) is 7.71. The van der Waals surface area contributed by atoms with Gasteiger partial charge in [0.1, 0.15) is 6.07 Å². The van der Waals surface area contributed by atoms with Crippen molar-refractivity contribution in [2.24, 2.45) is 11.7 Å². The molecule has 0 bridgehead atoms. The molecule has 0 spiro atoms. The molecule has 0 aromatic heterocycles. The molecule has 0 aliphatic carbocycles. The molecule has 0 fully saturated rings. The van der Waals surface area contributed by atoms with Crippen LogP contribution in [0.2, 0.25) is 0 Å². The van der Waals surface area contributed by atoms with Gasteiger partial charge >= 0.3 is 0 Å². The minimum Gasteiger partial charge on any atom is -0.326 e. The Bertz CT molecular complexity index is 382. The first kappa shape index (κ1) is 13.1. The van der Waals surface area contributed by atoms with Crippen LogP contribution < -0.4 is 5.73 Å². The molecule has 1 aromatic rings. The van der Waals surface area contributed by atoms with Gasteiger partial charge in [-0.05, 0) is 23.6 Å². The van der Waals surface area contributed by atoms with Crippen molar-refractivity contribution >= 4 is 11.8 Å². The number of nitrogens with two attached hydrogens (primary N) is 1. The summed E-state index contributed by atoms with van der Waals surface area (Å²) < 4.78 is 0. The predicted octanol–water partition coefficient (Wildman–Crippen LogP) is 3.16. The predicted molar refractivity (Wildman–Crippen MR) is 69.2 cm³/mol. The lowest BCUT2D eigenvalue weighted by Crippen LogP contribution is -1.99. The molecule has 2 N–H and O–H groups in total. The van der Waals surface area contributed by atoms with Gasteiger partial charge in [0.25, 0.3) is 0 Å². The topological polar surface area (TPSA) is 49.8 Å². The van der Waals surface area contributed by atoms with E-state index >= 15 is 0 Å². The number of nitriles is 1. The Morgan fingerprint density at radius 3 is 2.81 bits per heavy atom. The monoisotopic (exact) mass is 234 g/mol. The maximum Gasteiger partial charge on any atom is 0.100 e. The summed E-state index contributed by atoms with van der Waals surface area (Å²) in [7, 11) is 0. The Morgan fingerprint density at radius 1 is 1.50 bits per heavy atom. The molecular weight excluding hydrogens is 216 g/mol. The van der Waals surface area contributed by atoms with E-state index in [4.69, 9.17) is 11.0 Å². The van der Waals surface area contributed by atoms with Crippen molar-refractivity contribution in [2.45, 2.75) is 31.7 Å². The minimum absolute atomic E-state index is 0.491. The van der Waals surface area contributed by atoms with Gasteiger partial charge in [-0.2, -0.15) is 5.26 Å². The fourth-order valence-electron chi connectivity index (χ4n) is 1.27. The van der Waals surface area contributed by atoms with Crippen molar-refractivity contribution in [1.29, 1.82) is 5.26 Å². The lowest BCUT2D eigenvalue weighted by molar-refractivity contribution is 0.637. The average Bonchev–Trinajstić information content (AvgIpc) is 2.35. The number of benzene rings is 1. The summed E-state index contributed by atoms with van der Waals surface area (Å²) in [5.41, 5.74) is 7.32. The SMILES string of the molecule is CCC(C)CSc1ccc(CN)cc1C#N. The summed E-state index contributed by atoms with van der Waals surface area (Å²) in [5, 5.41) is 9.06. The first-order valence-corrected chi connectivity index (χ1v) is 6.55. The van der Waals surface area contributed by atoms with Gasteiger partial charge in [0.2, 0.25) is 0 Å². The van der Waals surface area contributed by atoms with Gasteiger partial charge in [-0.3, -0.25) is 0 Å². The van der Waals surface area contributed by atoms with E-state index in [-0.39, 0.29) is 0 Å². The molecule has 2 nitrogen and oxygen atoms in total. The van der Waals surface area contributed by atoms with Crippen LogP contribution in [0, 0.1) is 17.2 Å². The van der Waals surface area contributed by atoms with Gasteiger partial charge in [-0.15, -0.1) is 11.8 Å². The third-order valence-electron chi connectivity index (χ3n) is 2.62. The van der Waals surface area contributed by atoms with Gasteiger partial charge in [0.05, 0.1) is 5.56 Å². The normalized spacial score (nSPS) is 12.1. The molecule has 16 heavy (non-hydrogen) atoms. The lowest BCUT2D eigenvalue weighted by Gasteiger charge is -2.09. The van der Waals surface area contributed by atoms with Gasteiger partial charge in [0.15, 0.2) is 0 Å². The smallest absolute Gasteiger partial charge is 0.100 e. The molecule has 1 atom stereocenters.